The van der Waals surface area contributed by atoms with Gasteiger partial charge >= 0.3 is 4.87 Å². The summed E-state index contributed by atoms with van der Waals surface area (Å²) in [4.78, 5) is 18.1. The standard InChI is InChI=1S/C12H9ClFN3OS/c13-4-11-16-9-3-7(14)1-2-10(9)17(11)5-8-6-19-12(18)15-8/h1-3,6H,4-5H2,(H,15,18). The number of aromatic nitrogens is 3. The van der Waals surface area contributed by atoms with E-state index in [0.717, 1.165) is 22.5 Å². The lowest BCUT2D eigenvalue weighted by Crippen LogP contribution is -2.06. The molecule has 2 heterocycles. The van der Waals surface area contributed by atoms with Crippen molar-refractivity contribution in [1.29, 1.82) is 0 Å². The molecule has 0 unspecified atom stereocenters. The first-order chi connectivity index (χ1) is 9.17. The van der Waals surface area contributed by atoms with Crippen LogP contribution < -0.4 is 4.87 Å². The van der Waals surface area contributed by atoms with Gasteiger partial charge in [0.2, 0.25) is 0 Å². The summed E-state index contributed by atoms with van der Waals surface area (Å²) < 4.78 is 15.1. The van der Waals surface area contributed by atoms with Gasteiger partial charge in [0, 0.05) is 17.1 Å². The fourth-order valence-electron chi connectivity index (χ4n) is 1.99. The van der Waals surface area contributed by atoms with Crippen molar-refractivity contribution in [3.05, 3.63) is 50.6 Å². The molecular weight excluding hydrogens is 289 g/mol. The number of aromatic amines is 1. The summed E-state index contributed by atoms with van der Waals surface area (Å²) >= 11 is 6.98. The molecule has 7 heteroatoms. The third kappa shape index (κ3) is 2.29. The van der Waals surface area contributed by atoms with Gasteiger partial charge in [-0.3, -0.25) is 4.79 Å². The lowest BCUT2D eigenvalue weighted by Gasteiger charge is -2.05. The molecule has 0 fully saturated rings. The topological polar surface area (TPSA) is 50.7 Å². The summed E-state index contributed by atoms with van der Waals surface area (Å²) in [6, 6.07) is 4.42. The molecule has 19 heavy (non-hydrogen) atoms. The van der Waals surface area contributed by atoms with Crippen LogP contribution in [0.4, 0.5) is 4.39 Å². The zero-order valence-corrected chi connectivity index (χ0v) is 11.3. The molecule has 0 saturated heterocycles. The van der Waals surface area contributed by atoms with Crippen LogP contribution in [-0.2, 0) is 12.4 Å². The van der Waals surface area contributed by atoms with E-state index < -0.39 is 0 Å². The van der Waals surface area contributed by atoms with Crippen LogP contribution in [0.15, 0.2) is 28.4 Å². The minimum absolute atomic E-state index is 0.0992. The Morgan fingerprint density at radius 3 is 3.00 bits per heavy atom. The van der Waals surface area contributed by atoms with Gasteiger partial charge in [0.05, 0.1) is 23.5 Å². The molecule has 0 aliphatic carbocycles. The Bertz CT molecular complexity index is 792. The normalized spacial score (nSPS) is 11.3. The number of benzene rings is 1. The molecule has 0 amide bonds. The molecule has 98 valence electrons. The van der Waals surface area contributed by atoms with Crippen molar-refractivity contribution in [2.75, 3.05) is 0 Å². The molecule has 0 aliphatic heterocycles. The quantitative estimate of drug-likeness (QED) is 0.756. The van der Waals surface area contributed by atoms with Crippen molar-refractivity contribution in [3.63, 3.8) is 0 Å². The number of hydrogen-bond donors (Lipinski definition) is 1. The zero-order valence-electron chi connectivity index (χ0n) is 9.69. The smallest absolute Gasteiger partial charge is 0.304 e. The molecule has 2 aromatic heterocycles. The lowest BCUT2D eigenvalue weighted by molar-refractivity contribution is 0.629. The predicted octanol–water partition coefficient (Wildman–Crippen LogP) is 2.71. The van der Waals surface area contributed by atoms with Crippen LogP contribution in [0.25, 0.3) is 11.0 Å². The number of halogens is 2. The summed E-state index contributed by atoms with van der Waals surface area (Å²) in [7, 11) is 0. The molecule has 0 spiro atoms. The van der Waals surface area contributed by atoms with Gasteiger partial charge in [0.25, 0.3) is 0 Å². The molecule has 0 radical (unpaired) electrons. The zero-order chi connectivity index (χ0) is 13.4. The first-order valence-corrected chi connectivity index (χ1v) is 6.96. The number of nitrogens with one attached hydrogen (secondary N) is 1. The molecule has 0 saturated carbocycles. The van der Waals surface area contributed by atoms with Gasteiger partial charge in [-0.05, 0) is 12.1 Å². The minimum atomic E-state index is -0.331. The summed E-state index contributed by atoms with van der Waals surface area (Å²) in [6.45, 7) is 0.461. The number of fused-ring (bicyclic) bond motifs is 1. The van der Waals surface area contributed by atoms with Gasteiger partial charge in [0.1, 0.15) is 11.6 Å². The number of thiazole rings is 1. The van der Waals surface area contributed by atoms with Crippen molar-refractivity contribution >= 4 is 34.0 Å². The average molecular weight is 298 g/mol. The maximum atomic E-state index is 13.2. The highest BCUT2D eigenvalue weighted by Crippen LogP contribution is 2.20. The Morgan fingerprint density at radius 1 is 1.47 bits per heavy atom. The Kier molecular flexibility index (Phi) is 3.12. The van der Waals surface area contributed by atoms with E-state index in [-0.39, 0.29) is 16.6 Å². The number of H-pyrrole nitrogens is 1. The Hall–Kier alpha value is -1.66. The van der Waals surface area contributed by atoms with Crippen molar-refractivity contribution in [2.45, 2.75) is 12.4 Å². The van der Waals surface area contributed by atoms with Crippen molar-refractivity contribution in [3.8, 4) is 0 Å². The van der Waals surface area contributed by atoms with Gasteiger partial charge in [-0.15, -0.1) is 11.6 Å². The predicted molar refractivity (Wildman–Crippen MR) is 73.3 cm³/mol. The van der Waals surface area contributed by atoms with E-state index in [1.807, 2.05) is 4.57 Å². The van der Waals surface area contributed by atoms with E-state index >= 15 is 0 Å². The van der Waals surface area contributed by atoms with Gasteiger partial charge in [0.15, 0.2) is 0 Å². The number of rotatable bonds is 3. The molecule has 1 aromatic carbocycles. The molecular formula is C12H9ClFN3OS. The second kappa shape index (κ2) is 4.79. The molecule has 0 bridgehead atoms. The second-order valence-corrected chi connectivity index (χ2v) is 5.16. The van der Waals surface area contributed by atoms with E-state index in [4.69, 9.17) is 11.6 Å². The Balaban J connectivity index is 2.12. The molecule has 1 N–H and O–H groups in total. The summed E-state index contributed by atoms with van der Waals surface area (Å²) in [5.41, 5.74) is 2.14. The average Bonchev–Trinajstić information content (AvgIpc) is 2.94. The molecule has 3 rings (SSSR count). The Labute approximate surface area is 116 Å². The van der Waals surface area contributed by atoms with Crippen molar-refractivity contribution in [2.24, 2.45) is 0 Å². The molecule has 0 atom stereocenters. The summed E-state index contributed by atoms with van der Waals surface area (Å²) in [5, 5.41) is 1.76. The number of imidazole rings is 1. The van der Waals surface area contributed by atoms with Gasteiger partial charge < -0.3 is 9.55 Å². The first kappa shape index (κ1) is 12.4. The third-order valence-electron chi connectivity index (χ3n) is 2.81. The second-order valence-electron chi connectivity index (χ2n) is 4.05. The maximum absolute atomic E-state index is 13.2. The fraction of sp³-hybridized carbons (Fsp3) is 0.167. The van der Waals surface area contributed by atoms with Crippen LogP contribution in [0.3, 0.4) is 0 Å². The first-order valence-electron chi connectivity index (χ1n) is 5.54. The van der Waals surface area contributed by atoms with E-state index in [0.29, 0.717) is 17.9 Å². The van der Waals surface area contributed by atoms with E-state index in [9.17, 15) is 9.18 Å². The summed E-state index contributed by atoms with van der Waals surface area (Å²) in [5.74, 6) is 0.543. The third-order valence-corrected chi connectivity index (χ3v) is 3.77. The van der Waals surface area contributed by atoms with Gasteiger partial charge in [-0.25, -0.2) is 9.37 Å². The van der Waals surface area contributed by atoms with E-state index in [2.05, 4.69) is 9.97 Å². The Morgan fingerprint density at radius 2 is 2.32 bits per heavy atom. The molecule has 4 nitrogen and oxygen atoms in total. The highest BCUT2D eigenvalue weighted by molar-refractivity contribution is 7.07. The maximum Gasteiger partial charge on any atom is 0.304 e. The van der Waals surface area contributed by atoms with Gasteiger partial charge in [-0.1, -0.05) is 11.3 Å². The van der Waals surface area contributed by atoms with Crippen LogP contribution >= 0.6 is 22.9 Å². The van der Waals surface area contributed by atoms with Crippen LogP contribution in [0, 0.1) is 5.82 Å². The number of hydrogen-bond acceptors (Lipinski definition) is 3. The van der Waals surface area contributed by atoms with Crippen LogP contribution in [0.5, 0.6) is 0 Å². The highest BCUT2D eigenvalue weighted by atomic mass is 35.5. The van der Waals surface area contributed by atoms with Gasteiger partial charge in [-0.2, -0.15) is 0 Å². The van der Waals surface area contributed by atoms with Crippen LogP contribution in [0.2, 0.25) is 0 Å². The SMILES string of the molecule is O=c1[nH]c(Cn2c(CCl)nc3cc(F)ccc32)cs1. The van der Waals surface area contributed by atoms with Crippen molar-refractivity contribution in [1.82, 2.24) is 14.5 Å². The van der Waals surface area contributed by atoms with Crippen LogP contribution in [-0.4, -0.2) is 14.5 Å². The lowest BCUT2D eigenvalue weighted by atomic mass is 10.3. The van der Waals surface area contributed by atoms with Crippen LogP contribution in [0.1, 0.15) is 11.5 Å². The molecule has 0 aliphatic rings. The van der Waals surface area contributed by atoms with E-state index in [1.165, 1.54) is 12.1 Å². The largest absolute Gasteiger partial charge is 0.321 e. The monoisotopic (exact) mass is 297 g/mol. The highest BCUT2D eigenvalue weighted by Gasteiger charge is 2.11. The summed E-state index contributed by atoms with van der Waals surface area (Å²) in [6.07, 6.45) is 0. The minimum Gasteiger partial charge on any atom is -0.321 e. The number of nitrogens with zero attached hydrogens (tertiary/aromatic N) is 2. The van der Waals surface area contributed by atoms with E-state index in [1.54, 1.807) is 11.4 Å². The molecule has 3 aromatic rings. The van der Waals surface area contributed by atoms with Crippen molar-refractivity contribution < 1.29 is 4.39 Å². The fourth-order valence-corrected chi connectivity index (χ4v) is 2.77. The number of alkyl halides is 1.